The van der Waals surface area contributed by atoms with Gasteiger partial charge in [0.1, 0.15) is 5.76 Å². The molecule has 94 valence electrons. The number of halogens is 1. The first-order valence-electron chi connectivity index (χ1n) is 5.80. The summed E-state index contributed by atoms with van der Waals surface area (Å²) >= 11 is 5.86. The number of hydrogen-bond donors (Lipinski definition) is 1. The van der Waals surface area contributed by atoms with E-state index in [1.165, 1.54) is 0 Å². The van der Waals surface area contributed by atoms with E-state index < -0.39 is 0 Å². The van der Waals surface area contributed by atoms with Crippen molar-refractivity contribution in [3.05, 3.63) is 23.7 Å². The molecule has 1 saturated heterocycles. The van der Waals surface area contributed by atoms with Gasteiger partial charge in [-0.2, -0.15) is 0 Å². The Morgan fingerprint density at radius 2 is 2.47 bits per heavy atom. The highest BCUT2D eigenvalue weighted by Gasteiger charge is 2.18. The quantitative estimate of drug-likeness (QED) is 0.843. The van der Waals surface area contributed by atoms with Gasteiger partial charge in [0.05, 0.1) is 11.5 Å². The average molecular weight is 258 g/mol. The number of carbonyl (C=O) groups is 1. The Labute approximate surface area is 105 Å². The molecule has 1 aromatic heterocycles. The summed E-state index contributed by atoms with van der Waals surface area (Å²) in [5.74, 6) is 0.684. The molecule has 1 fully saturated rings. The van der Waals surface area contributed by atoms with Crippen molar-refractivity contribution in [1.82, 2.24) is 5.32 Å². The van der Waals surface area contributed by atoms with E-state index in [4.69, 9.17) is 20.8 Å². The van der Waals surface area contributed by atoms with E-state index in [1.807, 2.05) is 0 Å². The molecule has 1 aromatic rings. The summed E-state index contributed by atoms with van der Waals surface area (Å²) in [7, 11) is 0. The van der Waals surface area contributed by atoms with Crippen molar-refractivity contribution < 1.29 is 13.9 Å². The Kier molecular flexibility index (Phi) is 4.07. The highest BCUT2D eigenvalue weighted by atomic mass is 35.5. The fourth-order valence-electron chi connectivity index (χ4n) is 1.79. The Balaban J connectivity index is 1.85. The van der Waals surface area contributed by atoms with Gasteiger partial charge in [0, 0.05) is 13.2 Å². The van der Waals surface area contributed by atoms with Crippen LogP contribution in [0, 0.1) is 0 Å². The molecule has 0 spiro atoms. The summed E-state index contributed by atoms with van der Waals surface area (Å²) in [5.41, 5.74) is 0. The molecule has 2 atom stereocenters. The molecule has 1 N–H and O–H groups in total. The van der Waals surface area contributed by atoms with Crippen molar-refractivity contribution in [2.24, 2.45) is 0 Å². The van der Waals surface area contributed by atoms with E-state index in [-0.39, 0.29) is 17.4 Å². The molecule has 0 radical (unpaired) electrons. The first-order chi connectivity index (χ1) is 8.16. The zero-order valence-electron chi connectivity index (χ0n) is 9.74. The third-order valence-corrected chi connectivity index (χ3v) is 2.97. The lowest BCUT2D eigenvalue weighted by Gasteiger charge is -2.09. The molecule has 1 aliphatic heterocycles. The number of carbonyl (C=O) groups excluding carboxylic acids is 1. The van der Waals surface area contributed by atoms with E-state index in [0.717, 1.165) is 19.4 Å². The average Bonchev–Trinajstić information content (AvgIpc) is 2.96. The highest BCUT2D eigenvalue weighted by Crippen LogP contribution is 2.21. The predicted octanol–water partition coefficient (Wildman–Crippen LogP) is 2.49. The molecule has 2 heterocycles. The van der Waals surface area contributed by atoms with Gasteiger partial charge >= 0.3 is 0 Å². The number of alkyl halides is 1. The summed E-state index contributed by atoms with van der Waals surface area (Å²) in [4.78, 5) is 11.7. The predicted molar refractivity (Wildman–Crippen MR) is 64.3 cm³/mol. The van der Waals surface area contributed by atoms with E-state index in [0.29, 0.717) is 18.1 Å². The third kappa shape index (κ3) is 3.23. The first-order valence-corrected chi connectivity index (χ1v) is 6.24. The third-order valence-electron chi connectivity index (χ3n) is 2.76. The largest absolute Gasteiger partial charge is 0.454 e. The molecule has 0 aliphatic carbocycles. The number of furan rings is 1. The van der Waals surface area contributed by atoms with Crippen molar-refractivity contribution in [3.8, 4) is 0 Å². The standard InChI is InChI=1S/C12H16ClNO3/c1-8(13)10-4-5-11(17-10)12(15)14-7-9-3-2-6-16-9/h4-5,8-9H,2-3,6-7H2,1H3,(H,14,15). The molecule has 0 saturated carbocycles. The second-order valence-electron chi connectivity index (χ2n) is 4.16. The Morgan fingerprint density at radius 3 is 3.06 bits per heavy atom. The minimum atomic E-state index is -0.227. The number of amides is 1. The lowest BCUT2D eigenvalue weighted by atomic mass is 10.2. The van der Waals surface area contributed by atoms with Gasteiger partial charge in [-0.3, -0.25) is 4.79 Å². The summed E-state index contributed by atoms with van der Waals surface area (Å²) < 4.78 is 10.8. The lowest BCUT2D eigenvalue weighted by molar-refractivity contribution is 0.0834. The van der Waals surface area contributed by atoms with Gasteiger partial charge in [-0.25, -0.2) is 0 Å². The lowest BCUT2D eigenvalue weighted by Crippen LogP contribution is -2.31. The van der Waals surface area contributed by atoms with Crippen LogP contribution in [0.3, 0.4) is 0 Å². The Hall–Kier alpha value is -1.00. The molecule has 1 aliphatic rings. The van der Waals surface area contributed by atoms with Gasteiger partial charge in [0.2, 0.25) is 0 Å². The van der Waals surface area contributed by atoms with Crippen LogP contribution in [-0.2, 0) is 4.74 Å². The maximum absolute atomic E-state index is 11.7. The Bertz CT molecular complexity index is 383. The van der Waals surface area contributed by atoms with E-state index >= 15 is 0 Å². The second kappa shape index (κ2) is 5.56. The second-order valence-corrected chi connectivity index (χ2v) is 4.82. The molecule has 17 heavy (non-hydrogen) atoms. The van der Waals surface area contributed by atoms with Crippen molar-refractivity contribution >= 4 is 17.5 Å². The van der Waals surface area contributed by atoms with Gasteiger partial charge in [-0.1, -0.05) is 0 Å². The van der Waals surface area contributed by atoms with Gasteiger partial charge in [0.25, 0.3) is 5.91 Å². The van der Waals surface area contributed by atoms with Crippen LogP contribution in [0.2, 0.25) is 0 Å². The molecule has 5 heteroatoms. The fraction of sp³-hybridized carbons (Fsp3) is 0.583. The minimum Gasteiger partial charge on any atom is -0.454 e. The molecule has 4 nitrogen and oxygen atoms in total. The molecule has 2 rings (SSSR count). The fourth-order valence-corrected chi connectivity index (χ4v) is 1.90. The van der Waals surface area contributed by atoms with Crippen LogP contribution in [0.5, 0.6) is 0 Å². The summed E-state index contributed by atoms with van der Waals surface area (Å²) in [6, 6.07) is 3.36. The zero-order chi connectivity index (χ0) is 12.3. The smallest absolute Gasteiger partial charge is 0.287 e. The Morgan fingerprint density at radius 1 is 1.65 bits per heavy atom. The van der Waals surface area contributed by atoms with Gasteiger partial charge < -0.3 is 14.5 Å². The van der Waals surface area contributed by atoms with Crippen LogP contribution in [-0.4, -0.2) is 25.2 Å². The van der Waals surface area contributed by atoms with Crippen molar-refractivity contribution in [2.45, 2.75) is 31.2 Å². The first kappa shape index (κ1) is 12.5. The number of nitrogens with one attached hydrogen (secondary N) is 1. The van der Waals surface area contributed by atoms with E-state index in [2.05, 4.69) is 5.32 Å². The monoisotopic (exact) mass is 257 g/mol. The van der Waals surface area contributed by atoms with Gasteiger partial charge in [-0.05, 0) is 31.9 Å². The number of rotatable bonds is 4. The van der Waals surface area contributed by atoms with Crippen LogP contribution in [0.15, 0.2) is 16.5 Å². The normalized spacial score (nSPS) is 21.4. The topological polar surface area (TPSA) is 51.5 Å². The maximum atomic E-state index is 11.7. The van der Waals surface area contributed by atoms with Crippen molar-refractivity contribution in [2.75, 3.05) is 13.2 Å². The molecule has 1 amide bonds. The van der Waals surface area contributed by atoms with Crippen molar-refractivity contribution in [1.29, 1.82) is 0 Å². The molecular formula is C12H16ClNO3. The number of ether oxygens (including phenoxy) is 1. The van der Waals surface area contributed by atoms with Crippen molar-refractivity contribution in [3.63, 3.8) is 0 Å². The summed E-state index contributed by atoms with van der Waals surface area (Å²) in [5, 5.41) is 2.57. The van der Waals surface area contributed by atoms with Crippen LogP contribution >= 0.6 is 11.6 Å². The molecule has 0 aromatic carbocycles. The minimum absolute atomic E-state index is 0.139. The van der Waals surface area contributed by atoms with E-state index in [9.17, 15) is 4.79 Å². The van der Waals surface area contributed by atoms with Gasteiger partial charge in [-0.15, -0.1) is 11.6 Å². The molecule has 0 bridgehead atoms. The van der Waals surface area contributed by atoms with Crippen LogP contribution < -0.4 is 5.32 Å². The number of hydrogen-bond acceptors (Lipinski definition) is 3. The van der Waals surface area contributed by atoms with E-state index in [1.54, 1.807) is 19.1 Å². The molecule has 2 unspecified atom stereocenters. The zero-order valence-corrected chi connectivity index (χ0v) is 10.5. The van der Waals surface area contributed by atoms with Crippen LogP contribution in [0.4, 0.5) is 0 Å². The summed E-state index contributed by atoms with van der Waals surface area (Å²) in [6.45, 7) is 3.12. The maximum Gasteiger partial charge on any atom is 0.287 e. The van der Waals surface area contributed by atoms with Gasteiger partial charge in [0.15, 0.2) is 5.76 Å². The van der Waals surface area contributed by atoms with Crippen LogP contribution in [0.25, 0.3) is 0 Å². The van der Waals surface area contributed by atoms with Crippen LogP contribution in [0.1, 0.15) is 41.5 Å². The summed E-state index contributed by atoms with van der Waals surface area (Å²) in [6.07, 6.45) is 2.21. The highest BCUT2D eigenvalue weighted by molar-refractivity contribution is 6.20. The SMILES string of the molecule is CC(Cl)c1ccc(C(=O)NCC2CCCO2)o1. The molecular weight excluding hydrogens is 242 g/mol.